The molecule has 0 aliphatic carbocycles. The fourth-order valence-corrected chi connectivity index (χ4v) is 1.84. The molecule has 17 heavy (non-hydrogen) atoms. The van der Waals surface area contributed by atoms with E-state index in [2.05, 4.69) is 38.7 Å². The Morgan fingerprint density at radius 1 is 1.35 bits per heavy atom. The van der Waals surface area contributed by atoms with Gasteiger partial charge in [-0.2, -0.15) is 0 Å². The molecule has 0 aromatic carbocycles. The molecule has 6 heteroatoms. The van der Waals surface area contributed by atoms with Crippen LogP contribution in [0.3, 0.4) is 0 Å². The molecule has 0 saturated heterocycles. The van der Waals surface area contributed by atoms with Crippen LogP contribution < -0.4 is 10.6 Å². The Morgan fingerprint density at radius 3 is 2.88 bits per heavy atom. The van der Waals surface area contributed by atoms with Gasteiger partial charge in [0.25, 0.3) is 0 Å². The summed E-state index contributed by atoms with van der Waals surface area (Å²) in [7, 11) is 0. The van der Waals surface area contributed by atoms with Crippen LogP contribution >= 0.6 is 0 Å². The summed E-state index contributed by atoms with van der Waals surface area (Å²) in [6.45, 7) is 5.85. The maximum atomic E-state index is 5.57. The van der Waals surface area contributed by atoms with Crippen molar-refractivity contribution in [3.8, 4) is 0 Å². The number of rotatable bonds is 5. The van der Waals surface area contributed by atoms with Crippen LogP contribution in [-0.4, -0.2) is 39.1 Å². The zero-order valence-corrected chi connectivity index (χ0v) is 10.2. The molecule has 0 bridgehead atoms. The minimum absolute atomic E-state index is 0.364. The van der Waals surface area contributed by atoms with Crippen LogP contribution in [0.4, 0.5) is 5.82 Å². The van der Waals surface area contributed by atoms with Gasteiger partial charge in [-0.05, 0) is 26.8 Å². The molecular formula is C11H18N6. The van der Waals surface area contributed by atoms with Crippen molar-refractivity contribution >= 4 is 17.0 Å². The number of nitrogens with two attached hydrogens (primary N) is 1. The van der Waals surface area contributed by atoms with Crippen LogP contribution in [0, 0.1) is 0 Å². The molecule has 0 saturated carbocycles. The largest absolute Gasteiger partial charge is 0.352 e. The lowest BCUT2D eigenvalue weighted by Crippen LogP contribution is -2.33. The third-order valence-electron chi connectivity index (χ3n) is 2.70. The Balaban J connectivity index is 2.37. The topological polar surface area (TPSA) is 83.7 Å². The van der Waals surface area contributed by atoms with E-state index in [-0.39, 0.29) is 0 Å². The van der Waals surface area contributed by atoms with E-state index in [0.717, 1.165) is 24.3 Å². The summed E-state index contributed by atoms with van der Waals surface area (Å²) < 4.78 is 0. The third kappa shape index (κ3) is 2.36. The number of hydrogen-bond donors (Lipinski definition) is 2. The lowest BCUT2D eigenvalue weighted by atomic mass is 10.2. The predicted octanol–water partition coefficient (Wildman–Crippen LogP) is 0.916. The first-order chi connectivity index (χ1) is 8.24. The number of fused-ring (bicyclic) bond motifs is 1. The Bertz CT molecular complexity index is 478. The lowest BCUT2D eigenvalue weighted by molar-refractivity contribution is 0.650. The molecule has 0 fully saturated rings. The van der Waals surface area contributed by atoms with Crippen LogP contribution in [-0.2, 0) is 0 Å². The fourth-order valence-electron chi connectivity index (χ4n) is 1.84. The summed E-state index contributed by atoms with van der Waals surface area (Å²) in [4.78, 5) is 17.9. The van der Waals surface area contributed by atoms with Gasteiger partial charge in [-0.1, -0.05) is 0 Å². The zero-order chi connectivity index (χ0) is 12.3. The Morgan fingerprint density at radius 2 is 2.18 bits per heavy atom. The summed E-state index contributed by atoms with van der Waals surface area (Å²) in [6, 6.07) is 0.364. The summed E-state index contributed by atoms with van der Waals surface area (Å²) in [5.41, 5.74) is 7.16. The predicted molar refractivity (Wildman–Crippen MR) is 67.8 cm³/mol. The van der Waals surface area contributed by atoms with Crippen molar-refractivity contribution in [3.63, 3.8) is 0 Å². The maximum absolute atomic E-state index is 5.57. The number of aromatic amines is 1. The van der Waals surface area contributed by atoms with Gasteiger partial charge in [0.1, 0.15) is 11.8 Å². The van der Waals surface area contributed by atoms with E-state index < -0.39 is 0 Å². The van der Waals surface area contributed by atoms with E-state index in [1.807, 2.05) is 0 Å². The Labute approximate surface area is 100 Å². The first kappa shape index (κ1) is 11.8. The van der Waals surface area contributed by atoms with Crippen LogP contribution in [0.5, 0.6) is 0 Å². The molecule has 2 rings (SSSR count). The van der Waals surface area contributed by atoms with Crippen molar-refractivity contribution in [2.45, 2.75) is 26.3 Å². The Hall–Kier alpha value is -1.69. The number of nitrogens with one attached hydrogen (secondary N) is 1. The van der Waals surface area contributed by atoms with Crippen molar-refractivity contribution < 1.29 is 0 Å². The summed E-state index contributed by atoms with van der Waals surface area (Å²) in [5.74, 6) is 0.899. The minimum Gasteiger partial charge on any atom is -0.352 e. The van der Waals surface area contributed by atoms with Crippen molar-refractivity contribution in [2.24, 2.45) is 5.73 Å². The average molecular weight is 234 g/mol. The highest BCUT2D eigenvalue weighted by Crippen LogP contribution is 2.21. The molecule has 92 valence electrons. The molecule has 0 radical (unpaired) electrons. The number of hydrogen-bond acceptors (Lipinski definition) is 5. The standard InChI is InChI=1S/C11H18N6/c1-8(2)17(5-3-4-12)11-9-10(14-6-13-9)15-7-16-11/h6-8H,3-5,12H2,1-2H3,(H,13,14,15,16). The van der Waals surface area contributed by atoms with Gasteiger partial charge in [0.05, 0.1) is 6.33 Å². The lowest BCUT2D eigenvalue weighted by Gasteiger charge is -2.27. The molecule has 6 nitrogen and oxygen atoms in total. The van der Waals surface area contributed by atoms with E-state index in [0.29, 0.717) is 18.2 Å². The van der Waals surface area contributed by atoms with Crippen LogP contribution in [0.1, 0.15) is 20.3 Å². The van der Waals surface area contributed by atoms with E-state index in [4.69, 9.17) is 5.73 Å². The number of aromatic nitrogens is 4. The molecule has 2 aromatic heterocycles. The fraction of sp³-hybridized carbons (Fsp3) is 0.545. The Kier molecular flexibility index (Phi) is 3.53. The van der Waals surface area contributed by atoms with Crippen molar-refractivity contribution in [1.29, 1.82) is 0 Å². The van der Waals surface area contributed by atoms with Gasteiger partial charge in [0.15, 0.2) is 11.5 Å². The van der Waals surface area contributed by atoms with E-state index in [1.54, 1.807) is 12.7 Å². The summed E-state index contributed by atoms with van der Waals surface area (Å²) in [5, 5.41) is 0. The van der Waals surface area contributed by atoms with Crippen molar-refractivity contribution in [3.05, 3.63) is 12.7 Å². The number of anilines is 1. The van der Waals surface area contributed by atoms with E-state index >= 15 is 0 Å². The van der Waals surface area contributed by atoms with Gasteiger partial charge in [0, 0.05) is 12.6 Å². The summed E-state index contributed by atoms with van der Waals surface area (Å²) >= 11 is 0. The second-order valence-corrected chi connectivity index (χ2v) is 4.23. The third-order valence-corrected chi connectivity index (χ3v) is 2.70. The SMILES string of the molecule is CC(C)N(CCCN)c1ncnc2nc[nH]c12. The van der Waals surface area contributed by atoms with Crippen molar-refractivity contribution in [2.75, 3.05) is 18.0 Å². The highest BCUT2D eigenvalue weighted by molar-refractivity contribution is 5.82. The molecule has 3 N–H and O–H groups in total. The number of H-pyrrole nitrogens is 1. The average Bonchev–Trinajstić information content (AvgIpc) is 2.77. The second kappa shape index (κ2) is 5.09. The monoisotopic (exact) mass is 234 g/mol. The normalized spacial score (nSPS) is 11.3. The molecular weight excluding hydrogens is 216 g/mol. The van der Waals surface area contributed by atoms with Crippen LogP contribution in [0.15, 0.2) is 12.7 Å². The highest BCUT2D eigenvalue weighted by Gasteiger charge is 2.16. The van der Waals surface area contributed by atoms with Crippen LogP contribution in [0.2, 0.25) is 0 Å². The molecule has 0 aliphatic heterocycles. The molecule has 2 heterocycles. The van der Waals surface area contributed by atoms with Gasteiger partial charge < -0.3 is 15.6 Å². The van der Waals surface area contributed by atoms with Gasteiger partial charge in [0.2, 0.25) is 0 Å². The smallest absolute Gasteiger partial charge is 0.182 e. The van der Waals surface area contributed by atoms with Gasteiger partial charge in [-0.15, -0.1) is 0 Å². The highest BCUT2D eigenvalue weighted by atomic mass is 15.2. The number of imidazole rings is 1. The molecule has 0 aliphatic rings. The first-order valence-corrected chi connectivity index (χ1v) is 5.85. The second-order valence-electron chi connectivity index (χ2n) is 4.23. The number of nitrogens with zero attached hydrogens (tertiary/aromatic N) is 4. The molecule has 0 amide bonds. The van der Waals surface area contributed by atoms with Crippen molar-refractivity contribution in [1.82, 2.24) is 19.9 Å². The first-order valence-electron chi connectivity index (χ1n) is 5.85. The van der Waals surface area contributed by atoms with E-state index in [1.165, 1.54) is 0 Å². The molecule has 0 unspecified atom stereocenters. The molecule has 2 aromatic rings. The molecule has 0 spiro atoms. The van der Waals surface area contributed by atoms with Gasteiger partial charge in [-0.25, -0.2) is 15.0 Å². The van der Waals surface area contributed by atoms with E-state index in [9.17, 15) is 0 Å². The van der Waals surface area contributed by atoms with Gasteiger partial charge >= 0.3 is 0 Å². The minimum atomic E-state index is 0.364. The quantitative estimate of drug-likeness (QED) is 0.803. The summed E-state index contributed by atoms with van der Waals surface area (Å²) in [6.07, 6.45) is 4.14. The zero-order valence-electron chi connectivity index (χ0n) is 10.2. The van der Waals surface area contributed by atoms with Gasteiger partial charge in [-0.3, -0.25) is 0 Å². The molecule has 0 atom stereocenters. The van der Waals surface area contributed by atoms with Crippen LogP contribution in [0.25, 0.3) is 11.2 Å². The maximum Gasteiger partial charge on any atom is 0.182 e.